The van der Waals surface area contributed by atoms with Crippen LogP contribution in [-0.2, 0) is 33.5 Å². The van der Waals surface area contributed by atoms with E-state index in [9.17, 15) is 8.76 Å². The van der Waals surface area contributed by atoms with E-state index < -0.39 is 11.1 Å². The minimum atomic E-state index is -1.83. The van der Waals surface area contributed by atoms with Gasteiger partial charge in [-0.15, -0.1) is 0 Å². The van der Waals surface area contributed by atoms with Gasteiger partial charge in [0.1, 0.15) is 0 Å². The Bertz CT molecular complexity index is 201. The van der Waals surface area contributed by atoms with Gasteiger partial charge in [-0.3, -0.25) is 4.21 Å². The van der Waals surface area contributed by atoms with Crippen LogP contribution in [0.4, 0.5) is 0 Å². The molecule has 0 saturated heterocycles. The van der Waals surface area contributed by atoms with Gasteiger partial charge in [0, 0.05) is 5.75 Å². The first-order valence-electron chi connectivity index (χ1n) is 8.33. The molecule has 0 aliphatic carbocycles. The Hall–Kier alpha value is 0.850. The molecule has 0 aliphatic heterocycles. The maximum Gasteiger partial charge on any atom is 1.00 e. The smallest absolute Gasteiger partial charge is 0.772 e. The Morgan fingerprint density at radius 3 is 1.25 bits per heavy atom. The van der Waals surface area contributed by atoms with Crippen LogP contribution in [0.25, 0.3) is 0 Å². The molecule has 1 unspecified atom stereocenters. The van der Waals surface area contributed by atoms with Crippen molar-refractivity contribution < 1.29 is 31.1 Å². The van der Waals surface area contributed by atoms with Gasteiger partial charge < -0.3 is 4.55 Å². The van der Waals surface area contributed by atoms with Crippen LogP contribution in [-0.4, -0.2) is 14.5 Å². The first-order valence-corrected chi connectivity index (χ1v) is 9.57. The van der Waals surface area contributed by atoms with E-state index in [1.54, 1.807) is 0 Å². The van der Waals surface area contributed by atoms with Crippen molar-refractivity contribution in [1.82, 2.24) is 0 Å². The van der Waals surface area contributed by atoms with E-state index in [0.717, 1.165) is 12.8 Å². The molecule has 0 aromatic heterocycles. The summed E-state index contributed by atoms with van der Waals surface area (Å²) >= 11 is -1.83. The predicted octanol–water partition coefficient (Wildman–Crippen LogP) is 5.34. The van der Waals surface area contributed by atoms with Crippen molar-refractivity contribution in [2.75, 3.05) is 5.75 Å². The molecule has 4 heteroatoms. The van der Waals surface area contributed by atoms with Crippen LogP contribution in [0.1, 0.15) is 96.8 Å². The molecule has 0 heterocycles. The van der Waals surface area contributed by atoms with Crippen LogP contribution in [0.15, 0.2) is 0 Å². The second kappa shape index (κ2) is 19.9. The van der Waals surface area contributed by atoms with E-state index in [4.69, 9.17) is 0 Å². The second-order valence-electron chi connectivity index (χ2n) is 5.60. The van der Waals surface area contributed by atoms with E-state index in [0.29, 0.717) is 5.75 Å². The fourth-order valence-electron chi connectivity index (χ4n) is 2.41. The zero-order valence-electron chi connectivity index (χ0n) is 13.1. The number of unbranched alkanes of at least 4 members (excludes halogenated alkanes) is 13. The van der Waals surface area contributed by atoms with Crippen LogP contribution in [0, 0.1) is 0 Å². The molecule has 0 aromatic carbocycles. The molecule has 0 radical (unpaired) electrons. The number of rotatable bonds is 15. The minimum absolute atomic E-state index is 0. The monoisotopic (exact) mass is 396 g/mol. The summed E-state index contributed by atoms with van der Waals surface area (Å²) in [7, 11) is 0. The third-order valence-electron chi connectivity index (χ3n) is 3.66. The van der Waals surface area contributed by atoms with Crippen molar-refractivity contribution in [2.45, 2.75) is 96.8 Å². The van der Waals surface area contributed by atoms with Crippen molar-refractivity contribution in [3.63, 3.8) is 0 Å². The van der Waals surface area contributed by atoms with E-state index >= 15 is 0 Å². The van der Waals surface area contributed by atoms with Gasteiger partial charge in [-0.25, -0.2) is 0 Å². The fourth-order valence-corrected chi connectivity index (χ4v) is 2.85. The van der Waals surface area contributed by atoms with Gasteiger partial charge in [0.25, 0.3) is 0 Å². The summed E-state index contributed by atoms with van der Waals surface area (Å²) in [6.45, 7) is 2.26. The van der Waals surface area contributed by atoms with E-state index in [-0.39, 0.29) is 22.4 Å². The average Bonchev–Trinajstić information content (AvgIpc) is 2.39. The molecule has 126 valence electrons. The Kier molecular flexibility index (Phi) is 22.9. The Morgan fingerprint density at radius 2 is 0.950 bits per heavy atom. The molecule has 0 N–H and O–H groups in total. The number of hydrogen-bond acceptors (Lipinski definition) is 2. The van der Waals surface area contributed by atoms with Gasteiger partial charge in [-0.05, 0) is 6.42 Å². The van der Waals surface area contributed by atoms with Crippen LogP contribution >= 0.6 is 0 Å². The topological polar surface area (TPSA) is 40.1 Å². The second-order valence-corrected chi connectivity index (χ2v) is 6.62. The summed E-state index contributed by atoms with van der Waals surface area (Å²) in [6, 6.07) is 0. The van der Waals surface area contributed by atoms with Crippen molar-refractivity contribution in [2.24, 2.45) is 0 Å². The first kappa shape index (κ1) is 23.1. The van der Waals surface area contributed by atoms with Gasteiger partial charge in [-0.1, -0.05) is 101 Å². The van der Waals surface area contributed by atoms with Crippen LogP contribution in [0.2, 0.25) is 0 Å². The molecule has 0 amide bonds. The molecular formula is C16H33AgO2S. The maximum atomic E-state index is 10.3. The molecule has 2 nitrogen and oxygen atoms in total. The van der Waals surface area contributed by atoms with Crippen LogP contribution in [0.5, 0.6) is 0 Å². The third kappa shape index (κ3) is 21.2. The maximum absolute atomic E-state index is 10.3. The summed E-state index contributed by atoms with van der Waals surface area (Å²) < 4.78 is 20.6. The quantitative estimate of drug-likeness (QED) is 0.212. The van der Waals surface area contributed by atoms with E-state index in [1.807, 2.05) is 0 Å². The van der Waals surface area contributed by atoms with Crippen molar-refractivity contribution in [3.05, 3.63) is 0 Å². The standard InChI is InChI=1S/C16H34O2S.Ag/c1-2-3-4-5-6-7-8-9-10-11-12-13-14-15-16-19(17)18;/h2-16H2,1H3,(H,17,18);/q;+1/p-1. The van der Waals surface area contributed by atoms with Gasteiger partial charge in [-0.2, -0.15) is 0 Å². The van der Waals surface area contributed by atoms with Crippen molar-refractivity contribution in [3.8, 4) is 0 Å². The molecule has 20 heavy (non-hydrogen) atoms. The van der Waals surface area contributed by atoms with Gasteiger partial charge in [0.2, 0.25) is 0 Å². The first-order chi connectivity index (χ1) is 9.27. The van der Waals surface area contributed by atoms with Gasteiger partial charge in [0.05, 0.1) is 0 Å². The fraction of sp³-hybridized carbons (Fsp3) is 1.00. The Balaban J connectivity index is 0. The summed E-state index contributed by atoms with van der Waals surface area (Å²) in [5, 5.41) is 0. The minimum Gasteiger partial charge on any atom is -0.772 e. The molecule has 0 bridgehead atoms. The van der Waals surface area contributed by atoms with Crippen LogP contribution in [0.3, 0.4) is 0 Å². The van der Waals surface area contributed by atoms with Gasteiger partial charge >= 0.3 is 22.4 Å². The SMILES string of the molecule is CCCCCCCCCCCCCCCCS(=O)[O-].[Ag+]. The van der Waals surface area contributed by atoms with Crippen molar-refractivity contribution >= 4 is 11.1 Å². The molecule has 0 aromatic rings. The zero-order chi connectivity index (χ0) is 14.2. The molecule has 0 rings (SSSR count). The summed E-state index contributed by atoms with van der Waals surface area (Å²) in [6.07, 6.45) is 18.3. The molecule has 0 spiro atoms. The summed E-state index contributed by atoms with van der Waals surface area (Å²) in [5.41, 5.74) is 0. The predicted molar refractivity (Wildman–Crippen MR) is 84.1 cm³/mol. The largest absolute Gasteiger partial charge is 1.00 e. The molecule has 0 fully saturated rings. The van der Waals surface area contributed by atoms with Crippen molar-refractivity contribution in [1.29, 1.82) is 0 Å². The zero-order valence-corrected chi connectivity index (χ0v) is 15.4. The molecule has 0 aliphatic rings. The summed E-state index contributed by atoms with van der Waals surface area (Å²) in [5.74, 6) is 0.345. The molecule has 0 saturated carbocycles. The van der Waals surface area contributed by atoms with E-state index in [1.165, 1.54) is 77.0 Å². The Morgan fingerprint density at radius 1 is 0.650 bits per heavy atom. The van der Waals surface area contributed by atoms with Gasteiger partial charge in [0.15, 0.2) is 0 Å². The Labute approximate surface area is 144 Å². The normalized spacial score (nSPS) is 12.1. The average molecular weight is 397 g/mol. The van der Waals surface area contributed by atoms with Crippen LogP contribution < -0.4 is 0 Å². The third-order valence-corrected chi connectivity index (χ3v) is 4.29. The summed E-state index contributed by atoms with van der Waals surface area (Å²) in [4.78, 5) is 0. The number of hydrogen-bond donors (Lipinski definition) is 0. The van der Waals surface area contributed by atoms with E-state index in [2.05, 4.69) is 6.92 Å². The molecule has 1 atom stereocenters. The molecular weight excluding hydrogens is 364 g/mol.